The molecule has 2 spiro atoms. The predicted octanol–water partition coefficient (Wildman–Crippen LogP) is 5.19. The Bertz CT molecular complexity index is 903. The first-order valence-electron chi connectivity index (χ1n) is 12.5. The lowest BCUT2D eigenvalue weighted by molar-refractivity contribution is -0.331. The van der Waals surface area contributed by atoms with Gasteiger partial charge in [0.25, 0.3) is 0 Å². The van der Waals surface area contributed by atoms with Crippen LogP contribution in [0, 0.1) is 22.7 Å². The molecule has 2 aliphatic carbocycles. The molecule has 5 aliphatic rings. The molecule has 3 heterocycles. The van der Waals surface area contributed by atoms with Crippen molar-refractivity contribution >= 4 is 5.97 Å². The Morgan fingerprint density at radius 1 is 0.969 bits per heavy atom. The van der Waals surface area contributed by atoms with Crippen LogP contribution in [0.15, 0.2) is 30.3 Å². The van der Waals surface area contributed by atoms with Crippen LogP contribution in [0.3, 0.4) is 0 Å². The molecule has 0 aromatic heterocycles. The van der Waals surface area contributed by atoms with Gasteiger partial charge in [-0.1, -0.05) is 51.1 Å². The van der Waals surface area contributed by atoms with Gasteiger partial charge in [-0.25, -0.2) is 0 Å². The highest BCUT2D eigenvalue weighted by atomic mass is 16.7. The SMILES string of the molecule is C[C@@H]1CC[C@H]2[C@]3(C)CO[C@@H](c4ccccc4)O[C@H]3CC[C@]2(C)[C@@]12CC[C@]1(COC(=O)C1)O2. The molecule has 1 aromatic rings. The van der Waals surface area contributed by atoms with E-state index in [0.717, 1.165) is 37.7 Å². The van der Waals surface area contributed by atoms with Crippen molar-refractivity contribution in [2.75, 3.05) is 13.2 Å². The van der Waals surface area contributed by atoms with Crippen molar-refractivity contribution in [3.05, 3.63) is 35.9 Å². The zero-order valence-electron chi connectivity index (χ0n) is 19.6. The van der Waals surface area contributed by atoms with Gasteiger partial charge in [0.1, 0.15) is 12.2 Å². The number of benzene rings is 1. The molecule has 5 heteroatoms. The van der Waals surface area contributed by atoms with Crippen LogP contribution >= 0.6 is 0 Å². The number of cyclic esters (lactones) is 1. The molecule has 0 bridgehead atoms. The lowest BCUT2D eigenvalue weighted by atomic mass is 9.43. The highest BCUT2D eigenvalue weighted by Crippen LogP contribution is 2.69. The number of esters is 1. The molecule has 3 saturated heterocycles. The molecule has 5 nitrogen and oxygen atoms in total. The molecule has 0 amide bonds. The lowest BCUT2D eigenvalue weighted by Gasteiger charge is -2.66. The summed E-state index contributed by atoms with van der Waals surface area (Å²) in [6, 6.07) is 10.3. The Hall–Kier alpha value is -1.43. The molecule has 0 unspecified atom stereocenters. The van der Waals surface area contributed by atoms with Gasteiger partial charge in [0, 0.05) is 16.4 Å². The third-order valence-electron chi connectivity index (χ3n) is 10.1. The fourth-order valence-corrected chi connectivity index (χ4v) is 8.35. The predicted molar refractivity (Wildman–Crippen MR) is 119 cm³/mol. The fraction of sp³-hybridized carbons (Fsp3) is 0.741. The second-order valence-electron chi connectivity index (χ2n) is 11.7. The third-order valence-corrected chi connectivity index (χ3v) is 10.1. The maximum Gasteiger partial charge on any atom is 0.308 e. The van der Waals surface area contributed by atoms with Gasteiger partial charge in [-0.2, -0.15) is 0 Å². The van der Waals surface area contributed by atoms with E-state index in [0.29, 0.717) is 31.5 Å². The molecular formula is C27H36O5. The average Bonchev–Trinajstić information content (AvgIpc) is 3.35. The molecule has 0 radical (unpaired) electrons. The highest BCUT2D eigenvalue weighted by molar-refractivity contribution is 5.73. The van der Waals surface area contributed by atoms with Crippen molar-refractivity contribution in [1.82, 2.24) is 0 Å². The Kier molecular flexibility index (Phi) is 4.65. The molecule has 8 atom stereocenters. The molecule has 32 heavy (non-hydrogen) atoms. The Morgan fingerprint density at radius 2 is 1.78 bits per heavy atom. The second kappa shape index (κ2) is 7.04. The maximum atomic E-state index is 12.0. The number of rotatable bonds is 1. The van der Waals surface area contributed by atoms with Crippen LogP contribution in [0.5, 0.6) is 0 Å². The molecular weight excluding hydrogens is 404 g/mol. The minimum atomic E-state index is -0.411. The van der Waals surface area contributed by atoms with Gasteiger partial charge in [0.05, 0.1) is 24.7 Å². The van der Waals surface area contributed by atoms with E-state index in [4.69, 9.17) is 18.9 Å². The minimum absolute atomic E-state index is 0.0352. The maximum absolute atomic E-state index is 12.0. The van der Waals surface area contributed by atoms with Crippen molar-refractivity contribution in [3.63, 3.8) is 0 Å². The number of carbonyl (C=O) groups excluding carboxylic acids is 1. The van der Waals surface area contributed by atoms with Gasteiger partial charge in [-0.3, -0.25) is 4.79 Å². The van der Waals surface area contributed by atoms with Gasteiger partial charge >= 0.3 is 5.97 Å². The second-order valence-corrected chi connectivity index (χ2v) is 11.7. The first kappa shape index (κ1) is 21.1. The zero-order chi connectivity index (χ0) is 22.2. The zero-order valence-corrected chi connectivity index (χ0v) is 19.6. The van der Waals surface area contributed by atoms with Crippen LogP contribution in [0.4, 0.5) is 0 Å². The van der Waals surface area contributed by atoms with Crippen LogP contribution in [0.1, 0.15) is 77.6 Å². The van der Waals surface area contributed by atoms with E-state index in [1.54, 1.807) is 0 Å². The Morgan fingerprint density at radius 3 is 2.53 bits per heavy atom. The summed E-state index contributed by atoms with van der Waals surface area (Å²) >= 11 is 0. The summed E-state index contributed by atoms with van der Waals surface area (Å²) in [5.41, 5.74) is 0.493. The van der Waals surface area contributed by atoms with Crippen molar-refractivity contribution in [2.45, 2.75) is 89.3 Å². The van der Waals surface area contributed by atoms with Gasteiger partial charge in [-0.05, 0) is 50.4 Å². The summed E-state index contributed by atoms with van der Waals surface area (Å²) in [6.45, 7) is 8.36. The van der Waals surface area contributed by atoms with Crippen LogP contribution < -0.4 is 0 Å². The van der Waals surface area contributed by atoms with E-state index in [1.807, 2.05) is 18.2 Å². The molecule has 3 aliphatic heterocycles. The number of fused-ring (bicyclic) bond motifs is 4. The molecule has 5 fully saturated rings. The van der Waals surface area contributed by atoms with Crippen LogP contribution in [-0.2, 0) is 23.7 Å². The summed E-state index contributed by atoms with van der Waals surface area (Å²) in [7, 11) is 0. The Labute approximate surface area is 191 Å². The van der Waals surface area contributed by atoms with E-state index in [-0.39, 0.29) is 34.8 Å². The highest BCUT2D eigenvalue weighted by Gasteiger charge is 2.70. The van der Waals surface area contributed by atoms with Crippen molar-refractivity contribution in [3.8, 4) is 0 Å². The van der Waals surface area contributed by atoms with E-state index in [1.165, 1.54) is 6.42 Å². The Balaban J connectivity index is 1.30. The number of hydrogen-bond donors (Lipinski definition) is 0. The van der Waals surface area contributed by atoms with E-state index < -0.39 is 5.60 Å². The smallest absolute Gasteiger partial charge is 0.308 e. The van der Waals surface area contributed by atoms with Gasteiger partial charge < -0.3 is 18.9 Å². The van der Waals surface area contributed by atoms with Gasteiger partial charge in [0.15, 0.2) is 6.29 Å². The summed E-state index contributed by atoms with van der Waals surface area (Å²) in [6.07, 6.45) is 6.72. The van der Waals surface area contributed by atoms with Gasteiger partial charge in [-0.15, -0.1) is 0 Å². The van der Waals surface area contributed by atoms with E-state index >= 15 is 0 Å². The number of ether oxygens (including phenoxy) is 4. The van der Waals surface area contributed by atoms with Crippen LogP contribution in [-0.4, -0.2) is 36.5 Å². The molecule has 1 aromatic carbocycles. The number of hydrogen-bond acceptors (Lipinski definition) is 5. The average molecular weight is 441 g/mol. The molecule has 0 N–H and O–H groups in total. The van der Waals surface area contributed by atoms with Crippen molar-refractivity contribution in [2.24, 2.45) is 22.7 Å². The quantitative estimate of drug-likeness (QED) is 0.563. The van der Waals surface area contributed by atoms with Crippen molar-refractivity contribution in [1.29, 1.82) is 0 Å². The monoisotopic (exact) mass is 440 g/mol. The summed E-state index contributed by atoms with van der Waals surface area (Å²) in [4.78, 5) is 12.0. The van der Waals surface area contributed by atoms with Crippen LogP contribution in [0.25, 0.3) is 0 Å². The fourth-order valence-electron chi connectivity index (χ4n) is 8.35. The summed E-state index contributed by atoms with van der Waals surface area (Å²) in [5.74, 6) is 0.834. The topological polar surface area (TPSA) is 54.0 Å². The first-order chi connectivity index (χ1) is 15.3. The first-order valence-corrected chi connectivity index (χ1v) is 12.5. The largest absolute Gasteiger partial charge is 0.463 e. The van der Waals surface area contributed by atoms with Crippen molar-refractivity contribution < 1.29 is 23.7 Å². The summed E-state index contributed by atoms with van der Waals surface area (Å²) in [5, 5.41) is 0. The standard InChI is InChI=1S/C27H36O5/c1-18-9-10-20-24(2)16-30-23(19-7-5-4-6-8-19)31-21(24)11-12-25(20,3)27(18)14-13-26(32-27)15-22(28)29-17-26/h4-8,18,20-21,23H,9-17H2,1-3H3/t18-,20+,21+,23-,24+,25+,26+,27-/m1/s1. The van der Waals surface area contributed by atoms with Gasteiger partial charge in [0.2, 0.25) is 0 Å². The third kappa shape index (κ3) is 2.77. The van der Waals surface area contributed by atoms with E-state index in [2.05, 4.69) is 32.9 Å². The normalized spacial score (nSPS) is 50.3. The molecule has 174 valence electrons. The lowest BCUT2D eigenvalue weighted by Crippen LogP contribution is -2.67. The van der Waals surface area contributed by atoms with E-state index in [9.17, 15) is 4.79 Å². The molecule has 6 rings (SSSR count). The minimum Gasteiger partial charge on any atom is -0.463 e. The number of carbonyl (C=O) groups is 1. The summed E-state index contributed by atoms with van der Waals surface area (Å²) < 4.78 is 25.5. The molecule has 2 saturated carbocycles. The van der Waals surface area contributed by atoms with Crippen LogP contribution in [0.2, 0.25) is 0 Å².